The van der Waals surface area contributed by atoms with Crippen molar-refractivity contribution < 1.29 is 4.79 Å². The minimum atomic E-state index is -0.0740. The van der Waals surface area contributed by atoms with Crippen molar-refractivity contribution >= 4 is 5.91 Å². The minimum Gasteiger partial charge on any atom is -0.341 e. The van der Waals surface area contributed by atoms with Gasteiger partial charge >= 0.3 is 0 Å². The van der Waals surface area contributed by atoms with Crippen LogP contribution in [0.4, 0.5) is 0 Å². The van der Waals surface area contributed by atoms with Gasteiger partial charge in [0, 0.05) is 32.4 Å². The van der Waals surface area contributed by atoms with E-state index in [1.54, 1.807) is 0 Å². The molecule has 1 aromatic heterocycles. The Balaban J connectivity index is 1.29. The molecule has 1 aromatic carbocycles. The molecule has 2 aromatic rings. The van der Waals surface area contributed by atoms with Gasteiger partial charge in [-0.05, 0) is 24.3 Å². The van der Waals surface area contributed by atoms with Crippen molar-refractivity contribution in [2.75, 3.05) is 13.1 Å². The molecule has 1 N–H and O–H groups in total. The van der Waals surface area contributed by atoms with Crippen LogP contribution in [0.3, 0.4) is 0 Å². The van der Waals surface area contributed by atoms with Gasteiger partial charge in [0.05, 0.1) is 18.1 Å². The zero-order chi connectivity index (χ0) is 22.7. The number of nitrogens with one attached hydrogen (secondary N) is 1. The molecule has 1 aliphatic heterocycles. The molecule has 2 fully saturated rings. The molecule has 1 saturated heterocycles. The second-order valence-corrected chi connectivity index (χ2v) is 9.46. The maximum absolute atomic E-state index is 12.9. The number of carbonyl (C=O) groups excluding carboxylic acids is 1. The molecule has 5 nitrogen and oxygen atoms in total. The number of likely N-dealkylation sites (tertiary alicyclic amines) is 1. The molecule has 176 valence electrons. The Kier molecular flexibility index (Phi) is 8.93. The molecule has 0 spiro atoms. The first-order valence-electron chi connectivity index (χ1n) is 12.7. The Bertz CT molecular complexity index is 906. The van der Waals surface area contributed by atoms with Gasteiger partial charge in [-0.2, -0.15) is 0 Å². The third-order valence-electron chi connectivity index (χ3n) is 7.05. The third kappa shape index (κ3) is 7.16. The topological polar surface area (TPSA) is 50.2 Å². The highest BCUT2D eigenvalue weighted by Gasteiger charge is 2.31. The van der Waals surface area contributed by atoms with Gasteiger partial charge in [0.2, 0.25) is 5.91 Å². The van der Waals surface area contributed by atoms with Crippen LogP contribution in [-0.4, -0.2) is 39.5 Å². The summed E-state index contributed by atoms with van der Waals surface area (Å²) >= 11 is 0. The number of hydrogen-bond acceptors (Lipinski definition) is 3. The fourth-order valence-electron chi connectivity index (χ4n) is 5.04. The molecule has 2 aliphatic rings. The predicted molar refractivity (Wildman–Crippen MR) is 133 cm³/mol. The number of rotatable bonds is 8. The lowest BCUT2D eigenvalue weighted by Crippen LogP contribution is -2.38. The summed E-state index contributed by atoms with van der Waals surface area (Å²) in [6, 6.07) is 18.4. The van der Waals surface area contributed by atoms with Gasteiger partial charge in [-0.15, -0.1) is 0 Å². The van der Waals surface area contributed by atoms with E-state index < -0.39 is 0 Å². The third-order valence-corrected chi connectivity index (χ3v) is 7.05. The van der Waals surface area contributed by atoms with Gasteiger partial charge in [-0.25, -0.2) is 4.98 Å². The fourth-order valence-corrected chi connectivity index (χ4v) is 5.04. The first-order chi connectivity index (χ1) is 16.3. The quantitative estimate of drug-likeness (QED) is 0.574. The smallest absolute Gasteiger partial charge is 0.239 e. The van der Waals surface area contributed by atoms with Crippen LogP contribution < -0.4 is 5.32 Å². The summed E-state index contributed by atoms with van der Waals surface area (Å²) in [5, 5.41) is 3.51. The van der Waals surface area contributed by atoms with E-state index in [-0.39, 0.29) is 11.9 Å². The zero-order valence-corrected chi connectivity index (χ0v) is 19.7. The first kappa shape index (κ1) is 23.5. The molecule has 0 bridgehead atoms. The average molecular weight is 447 g/mol. The number of imidazole rings is 1. The van der Waals surface area contributed by atoms with E-state index in [1.165, 1.54) is 50.5 Å². The van der Waals surface area contributed by atoms with Gasteiger partial charge < -0.3 is 14.8 Å². The number of carbonyl (C=O) groups is 1. The van der Waals surface area contributed by atoms with E-state index in [1.807, 2.05) is 42.9 Å². The molecule has 1 saturated carbocycles. The van der Waals surface area contributed by atoms with E-state index in [2.05, 4.69) is 44.0 Å². The van der Waals surface area contributed by atoms with Crippen LogP contribution in [0.2, 0.25) is 0 Å². The SMILES string of the molecule is O=C1C(NCc2cncn2Cc2ccccccccc2)CCN1CCC1CCCCCC1. The van der Waals surface area contributed by atoms with E-state index in [9.17, 15) is 4.79 Å². The minimum absolute atomic E-state index is 0.0740. The molecule has 33 heavy (non-hydrogen) atoms. The van der Waals surface area contributed by atoms with E-state index in [0.29, 0.717) is 6.54 Å². The summed E-state index contributed by atoms with van der Waals surface area (Å²) in [6.07, 6.45) is 14.1. The molecule has 1 amide bonds. The predicted octanol–water partition coefficient (Wildman–Crippen LogP) is 5.11. The molecule has 2 heterocycles. The molecule has 5 heteroatoms. The van der Waals surface area contributed by atoms with Crippen LogP contribution in [0.1, 0.15) is 62.6 Å². The van der Waals surface area contributed by atoms with Crippen molar-refractivity contribution in [2.24, 2.45) is 5.92 Å². The molecular formula is C28H38N4O. The monoisotopic (exact) mass is 446 g/mol. The van der Waals surface area contributed by atoms with Crippen LogP contribution in [0, 0.1) is 5.92 Å². The highest BCUT2D eigenvalue weighted by molar-refractivity contribution is 5.83. The Labute approximate surface area is 198 Å². The molecule has 1 atom stereocenters. The van der Waals surface area contributed by atoms with Gasteiger partial charge in [-0.1, -0.05) is 93.1 Å². The van der Waals surface area contributed by atoms with Crippen molar-refractivity contribution in [1.29, 1.82) is 0 Å². The van der Waals surface area contributed by atoms with E-state index in [4.69, 9.17) is 0 Å². The van der Waals surface area contributed by atoms with Crippen LogP contribution in [-0.2, 0) is 17.9 Å². The normalized spacial score (nSPS) is 19.3. The Morgan fingerprint density at radius 3 is 2.33 bits per heavy atom. The number of aromatic nitrogens is 2. The molecule has 0 radical (unpaired) electrons. The van der Waals surface area contributed by atoms with Crippen molar-refractivity contribution in [3.05, 3.63) is 78.4 Å². The summed E-state index contributed by atoms with van der Waals surface area (Å²) < 4.78 is 2.16. The van der Waals surface area contributed by atoms with E-state index >= 15 is 0 Å². The summed E-state index contributed by atoms with van der Waals surface area (Å²) in [5.74, 6) is 1.09. The first-order valence-corrected chi connectivity index (χ1v) is 12.7. The lowest BCUT2D eigenvalue weighted by atomic mass is 9.96. The average Bonchev–Trinajstić information content (AvgIpc) is 3.31. The van der Waals surface area contributed by atoms with Crippen LogP contribution in [0.15, 0.2) is 67.1 Å². The van der Waals surface area contributed by atoms with Crippen molar-refractivity contribution in [3.63, 3.8) is 0 Å². The van der Waals surface area contributed by atoms with Crippen LogP contribution in [0.25, 0.3) is 0 Å². The number of amides is 1. The number of hydrogen-bond donors (Lipinski definition) is 1. The van der Waals surface area contributed by atoms with Gasteiger partial charge in [0.1, 0.15) is 0 Å². The van der Waals surface area contributed by atoms with Gasteiger partial charge in [-0.3, -0.25) is 4.79 Å². The maximum atomic E-state index is 12.9. The van der Waals surface area contributed by atoms with Gasteiger partial charge in [0.25, 0.3) is 0 Å². The molecular weight excluding hydrogens is 408 g/mol. The van der Waals surface area contributed by atoms with Gasteiger partial charge in [0.15, 0.2) is 0 Å². The summed E-state index contributed by atoms with van der Waals surface area (Å²) in [4.78, 5) is 19.4. The Morgan fingerprint density at radius 2 is 1.61 bits per heavy atom. The number of nitrogens with zero attached hydrogens (tertiary/aromatic N) is 3. The van der Waals surface area contributed by atoms with Crippen LogP contribution in [0.5, 0.6) is 0 Å². The maximum Gasteiger partial charge on any atom is 0.239 e. The molecule has 1 unspecified atom stereocenters. The largest absolute Gasteiger partial charge is 0.341 e. The van der Waals surface area contributed by atoms with Crippen molar-refractivity contribution in [1.82, 2.24) is 19.8 Å². The highest BCUT2D eigenvalue weighted by Crippen LogP contribution is 2.26. The summed E-state index contributed by atoms with van der Waals surface area (Å²) in [5.41, 5.74) is 2.30. The highest BCUT2D eigenvalue weighted by atomic mass is 16.2. The molecule has 1 aliphatic carbocycles. The lowest BCUT2D eigenvalue weighted by molar-refractivity contribution is -0.129. The summed E-state index contributed by atoms with van der Waals surface area (Å²) in [6.45, 7) is 3.22. The van der Waals surface area contributed by atoms with Crippen molar-refractivity contribution in [2.45, 2.75) is 70.5 Å². The Morgan fingerprint density at radius 1 is 0.909 bits per heavy atom. The Hall–Kier alpha value is -2.66. The summed E-state index contributed by atoms with van der Waals surface area (Å²) in [7, 11) is 0. The fraction of sp³-hybridized carbons (Fsp3) is 0.500. The second-order valence-electron chi connectivity index (χ2n) is 9.46. The standard InChI is InChI=1S/C28H38N4O/c33-28-27(17-19-31(28)18-16-24-12-8-6-7-9-13-24)30-21-26-20-29-23-32(26)22-25-14-10-4-2-1-3-5-11-15-25/h1-5,10-11,14-15,20,23-24,27,30H,6-9,12-13,16-19,21-22H2. The lowest BCUT2D eigenvalue weighted by Gasteiger charge is -2.21. The second kappa shape index (κ2) is 12.5. The zero-order valence-electron chi connectivity index (χ0n) is 19.7. The van der Waals surface area contributed by atoms with Crippen LogP contribution >= 0.6 is 0 Å². The molecule has 4 rings (SSSR count). The van der Waals surface area contributed by atoms with Crippen molar-refractivity contribution in [3.8, 4) is 0 Å². The van der Waals surface area contributed by atoms with E-state index in [0.717, 1.165) is 37.7 Å².